The van der Waals surface area contributed by atoms with E-state index in [1.807, 2.05) is 0 Å². The van der Waals surface area contributed by atoms with Crippen LogP contribution >= 0.6 is 15.6 Å². The van der Waals surface area contributed by atoms with Gasteiger partial charge >= 0.3 is 33.6 Å². The van der Waals surface area contributed by atoms with Crippen LogP contribution in [-0.2, 0) is 55.8 Å². The highest BCUT2D eigenvalue weighted by atomic mass is 31.2. The fourth-order valence-corrected chi connectivity index (χ4v) is 12.1. The Labute approximate surface area is 602 Å². The molecule has 0 bridgehead atoms. The molecule has 99 heavy (non-hydrogen) atoms. The molecule has 4 N–H and O–H groups in total. The van der Waals surface area contributed by atoms with Crippen molar-refractivity contribution in [3.63, 3.8) is 0 Å². The number of unbranched alkanes of at least 4 members (excludes halogenated alkanes) is 33. The summed E-state index contributed by atoms with van der Waals surface area (Å²) in [4.78, 5) is 58.6. The van der Waals surface area contributed by atoms with Crippen LogP contribution in [0.25, 0.3) is 0 Å². The summed E-state index contributed by atoms with van der Waals surface area (Å²) in [5, 5.41) is 20.6. The molecule has 0 saturated carbocycles. The van der Waals surface area contributed by atoms with E-state index in [1.165, 1.54) is 122 Å². The second-order valence-electron chi connectivity index (χ2n) is 26.1. The summed E-state index contributed by atoms with van der Waals surface area (Å²) in [6.45, 7) is 2.53. The van der Waals surface area contributed by atoms with Crippen molar-refractivity contribution in [2.45, 2.75) is 347 Å². The second-order valence-corrected chi connectivity index (χ2v) is 29.0. The molecule has 0 spiro atoms. The second kappa shape index (κ2) is 73.9. The number of carbonyl (C=O) groups is 3. The Morgan fingerprint density at radius 2 is 0.535 bits per heavy atom. The molecule has 5 unspecified atom stereocenters. The summed E-state index contributed by atoms with van der Waals surface area (Å²) < 4.78 is 61.1. The molecule has 0 aromatic carbocycles. The fraction of sp³-hybridized carbons (Fsp3) is 0.741. The molecule has 0 aliphatic heterocycles. The monoisotopic (exact) mass is 1430 g/mol. The standard InChI is InChI=1S/C81H142O16P2/c1-4-7-10-13-16-19-22-25-28-30-32-33-34-35-36-37-38-39-40-41-43-45-47-49-52-55-58-61-64-67-79(84)91-70-76(82)71-93-98(87,88)94-72-77(83)73-95-99(89,90)96-75-78(97-81(86)69-66-63-60-57-54-51-46-27-24-21-18-15-12-9-6-3)74-92-80(85)68-65-62-59-56-53-50-48-44-42-31-29-26-23-20-17-14-11-8-5-2/h8,11,16-17,19-20,25-29,32-33,35-36,42,44,46,76-78,82-83H,4-7,9-10,12-15,18,21-24,30-31,34,37-41,43,45,47-75H2,1-3H3,(H,87,88)(H,89,90)/b11-8-,19-16-,20-17-,28-25-,29-26-,33-32-,36-35-,44-42-,46-27-. The SMILES string of the molecule is CC/C=C\C/C=C\C/C=C\C/C=C\CCCCCCCCC(=O)OCC(COP(=O)(O)OCC(O)COP(=O)(O)OCC(O)COC(=O)CCCCCCCCCCCCCCC/C=C\C/C=C\C/C=C\C/C=C\CCCCC)OC(=O)CCCCCCC/C=C\CCCCCCCC. The van der Waals surface area contributed by atoms with Crippen molar-refractivity contribution in [1.29, 1.82) is 0 Å². The molecule has 0 amide bonds. The first-order valence-corrected chi connectivity index (χ1v) is 42.2. The highest BCUT2D eigenvalue weighted by Crippen LogP contribution is 2.45. The van der Waals surface area contributed by atoms with E-state index in [4.69, 9.17) is 32.3 Å². The average molecular weight is 1430 g/mol. The van der Waals surface area contributed by atoms with Crippen LogP contribution in [-0.4, -0.2) is 95.9 Å². The van der Waals surface area contributed by atoms with Gasteiger partial charge in [-0.1, -0.05) is 291 Å². The first-order valence-electron chi connectivity index (χ1n) is 39.2. The Morgan fingerprint density at radius 1 is 0.293 bits per heavy atom. The lowest BCUT2D eigenvalue weighted by Gasteiger charge is -2.21. The summed E-state index contributed by atoms with van der Waals surface area (Å²) >= 11 is 0. The predicted octanol–water partition coefficient (Wildman–Crippen LogP) is 22.8. The normalized spacial score (nSPS) is 14.6. The smallest absolute Gasteiger partial charge is 0.463 e. The van der Waals surface area contributed by atoms with Gasteiger partial charge in [-0.25, -0.2) is 9.13 Å². The number of phosphoric ester groups is 2. The van der Waals surface area contributed by atoms with Gasteiger partial charge in [-0.05, 0) is 128 Å². The first kappa shape index (κ1) is 95.2. The molecule has 5 atom stereocenters. The van der Waals surface area contributed by atoms with Crippen LogP contribution < -0.4 is 0 Å². The predicted molar refractivity (Wildman–Crippen MR) is 408 cm³/mol. The molecule has 0 fully saturated rings. The van der Waals surface area contributed by atoms with E-state index >= 15 is 0 Å². The number of esters is 3. The van der Waals surface area contributed by atoms with Crippen LogP contribution in [0.3, 0.4) is 0 Å². The van der Waals surface area contributed by atoms with E-state index in [-0.39, 0.29) is 19.3 Å². The number of aliphatic hydroxyl groups is 2. The molecule has 572 valence electrons. The number of rotatable bonds is 74. The largest absolute Gasteiger partial charge is 0.472 e. The Balaban J connectivity index is 4.52. The molecule has 0 radical (unpaired) electrons. The minimum absolute atomic E-state index is 0.0909. The maximum absolute atomic E-state index is 13.0. The zero-order valence-electron chi connectivity index (χ0n) is 62.4. The van der Waals surface area contributed by atoms with E-state index in [2.05, 4.69) is 130 Å². The molecule has 0 aromatic rings. The van der Waals surface area contributed by atoms with E-state index in [1.54, 1.807) is 0 Å². The van der Waals surface area contributed by atoms with Gasteiger partial charge in [0.1, 0.15) is 25.4 Å². The highest BCUT2D eigenvalue weighted by Gasteiger charge is 2.29. The van der Waals surface area contributed by atoms with Crippen LogP contribution in [0, 0.1) is 0 Å². The number of allylic oxidation sites excluding steroid dienone is 18. The molecule has 16 nitrogen and oxygen atoms in total. The quantitative estimate of drug-likeness (QED) is 0.0146. The van der Waals surface area contributed by atoms with Gasteiger partial charge in [0.2, 0.25) is 0 Å². The maximum atomic E-state index is 13.0. The minimum atomic E-state index is -4.93. The van der Waals surface area contributed by atoms with Gasteiger partial charge in [0.25, 0.3) is 0 Å². The minimum Gasteiger partial charge on any atom is -0.463 e. The number of hydrogen-bond donors (Lipinski definition) is 4. The van der Waals surface area contributed by atoms with Gasteiger partial charge < -0.3 is 34.2 Å². The number of carbonyl (C=O) groups excluding carboxylic acids is 3. The van der Waals surface area contributed by atoms with Crippen molar-refractivity contribution < 1.29 is 75.8 Å². The van der Waals surface area contributed by atoms with E-state index < -0.39 is 91.5 Å². The van der Waals surface area contributed by atoms with Crippen molar-refractivity contribution in [1.82, 2.24) is 0 Å². The Hall–Kier alpha value is -3.79. The van der Waals surface area contributed by atoms with Crippen LogP contribution in [0.4, 0.5) is 0 Å². The number of hydrogen-bond acceptors (Lipinski definition) is 14. The zero-order valence-corrected chi connectivity index (χ0v) is 64.2. The number of ether oxygens (including phenoxy) is 3. The summed E-state index contributed by atoms with van der Waals surface area (Å²) in [6, 6.07) is 0. The molecule has 0 heterocycles. The van der Waals surface area contributed by atoms with Crippen molar-refractivity contribution in [3.8, 4) is 0 Å². The molecular formula is C81H142O16P2. The van der Waals surface area contributed by atoms with Gasteiger partial charge in [-0.15, -0.1) is 0 Å². The number of aliphatic hydroxyl groups excluding tert-OH is 2. The molecule has 0 rings (SSSR count). The van der Waals surface area contributed by atoms with Crippen LogP contribution in [0.2, 0.25) is 0 Å². The van der Waals surface area contributed by atoms with Crippen molar-refractivity contribution >= 4 is 33.6 Å². The first-order chi connectivity index (χ1) is 48.2. The van der Waals surface area contributed by atoms with Gasteiger partial charge in [0.05, 0.1) is 26.4 Å². The van der Waals surface area contributed by atoms with Gasteiger partial charge in [0.15, 0.2) is 6.10 Å². The lowest BCUT2D eigenvalue weighted by atomic mass is 10.0. The Kier molecular flexibility index (Phi) is 71.1. The maximum Gasteiger partial charge on any atom is 0.472 e. The third-order valence-electron chi connectivity index (χ3n) is 16.5. The van der Waals surface area contributed by atoms with Gasteiger partial charge in [-0.3, -0.25) is 32.5 Å². The number of phosphoric acid groups is 2. The Morgan fingerprint density at radius 3 is 0.879 bits per heavy atom. The molecule has 0 saturated heterocycles. The van der Waals surface area contributed by atoms with Gasteiger partial charge in [-0.2, -0.15) is 0 Å². The highest BCUT2D eigenvalue weighted by molar-refractivity contribution is 7.47. The van der Waals surface area contributed by atoms with Crippen LogP contribution in [0.5, 0.6) is 0 Å². The zero-order chi connectivity index (χ0) is 72.3. The topological polar surface area (TPSA) is 231 Å². The molecule has 0 aromatic heterocycles. The average Bonchev–Trinajstić information content (AvgIpc) is 1.92. The third-order valence-corrected chi connectivity index (χ3v) is 18.4. The van der Waals surface area contributed by atoms with Crippen molar-refractivity contribution in [2.75, 3.05) is 39.6 Å². The van der Waals surface area contributed by atoms with E-state index in [0.717, 1.165) is 148 Å². The third kappa shape index (κ3) is 75.2. The Bertz CT molecular complexity index is 2240. The molecule has 18 heteroatoms. The molecular weight excluding hydrogens is 1290 g/mol. The van der Waals surface area contributed by atoms with Crippen molar-refractivity contribution in [3.05, 3.63) is 109 Å². The van der Waals surface area contributed by atoms with Crippen molar-refractivity contribution in [2.24, 2.45) is 0 Å². The summed E-state index contributed by atoms with van der Waals surface area (Å²) in [5.74, 6) is -1.59. The summed E-state index contributed by atoms with van der Waals surface area (Å²) in [5.41, 5.74) is 0. The van der Waals surface area contributed by atoms with E-state index in [9.17, 15) is 43.5 Å². The van der Waals surface area contributed by atoms with E-state index in [0.29, 0.717) is 19.3 Å². The van der Waals surface area contributed by atoms with Crippen LogP contribution in [0.1, 0.15) is 329 Å². The lowest BCUT2D eigenvalue weighted by Crippen LogP contribution is -2.30. The fourth-order valence-electron chi connectivity index (χ4n) is 10.5. The molecule has 0 aliphatic carbocycles. The molecule has 0 aliphatic rings. The van der Waals surface area contributed by atoms with Crippen LogP contribution in [0.15, 0.2) is 109 Å². The summed E-state index contributed by atoms with van der Waals surface area (Å²) in [7, 11) is -9.79. The lowest BCUT2D eigenvalue weighted by molar-refractivity contribution is -0.161. The summed E-state index contributed by atoms with van der Waals surface area (Å²) in [6.07, 6.45) is 85.6. The van der Waals surface area contributed by atoms with Gasteiger partial charge in [0, 0.05) is 19.3 Å².